The second kappa shape index (κ2) is 11.8. The van der Waals surface area contributed by atoms with Gasteiger partial charge in [0.2, 0.25) is 5.95 Å². The quantitative estimate of drug-likeness (QED) is 0.272. The molecule has 3 aromatic rings. The summed E-state index contributed by atoms with van der Waals surface area (Å²) in [6.45, 7) is 5.92. The minimum Gasteiger partial charge on any atom is -0.493 e. The van der Waals surface area contributed by atoms with Crippen molar-refractivity contribution < 1.29 is 22.1 Å². The summed E-state index contributed by atoms with van der Waals surface area (Å²) in [5.74, 6) is 0.806. The molecule has 1 fully saturated rings. The second-order valence-electron chi connectivity index (χ2n) is 8.76. The topological polar surface area (TPSA) is 181 Å². The third kappa shape index (κ3) is 6.61. The van der Waals surface area contributed by atoms with Crippen molar-refractivity contribution in [3.05, 3.63) is 53.2 Å². The van der Waals surface area contributed by atoms with Gasteiger partial charge in [-0.2, -0.15) is 18.1 Å². The average molecular weight is 544 g/mol. The van der Waals surface area contributed by atoms with Gasteiger partial charge in [0.05, 0.1) is 25.4 Å². The van der Waals surface area contributed by atoms with Crippen LogP contribution in [0.2, 0.25) is 0 Å². The highest BCUT2D eigenvalue weighted by Crippen LogP contribution is 2.42. The maximum Gasteiger partial charge on any atom is 0.382 e. The first-order chi connectivity index (χ1) is 18.2. The van der Waals surface area contributed by atoms with Crippen LogP contribution in [0.5, 0.6) is 11.5 Å². The summed E-state index contributed by atoms with van der Waals surface area (Å²) in [5, 5.41) is 0. The molecule has 38 heavy (non-hydrogen) atoms. The van der Waals surface area contributed by atoms with Crippen molar-refractivity contribution in [1.29, 1.82) is 0 Å². The molecule has 0 amide bonds. The highest BCUT2D eigenvalue weighted by molar-refractivity contribution is 7.85. The number of nitrogens with zero attached hydrogens (tertiary/aromatic N) is 3. The number of nitrogen functional groups attached to an aromatic ring is 3. The maximum atomic E-state index is 12.5. The molecule has 0 aliphatic carbocycles. The molecule has 13 heteroatoms. The standard InChI is InChI=1S/C25H33N7O5S/c1-3-36-21-11-16(10-19-14-30-25(28)31-24(19)27)12-22(37-38(33,34)29-2)23(21)17-4-5-18(20(26)13-17)15-32-6-8-35-9-7-32/h4-5,11-14,29H,3,6-10,15,26H2,1-2H3,(H4,27,28,30,31). The zero-order valence-electron chi connectivity index (χ0n) is 21.4. The summed E-state index contributed by atoms with van der Waals surface area (Å²) in [6, 6.07) is 9.06. The molecule has 7 N–H and O–H groups in total. The average Bonchev–Trinajstić information content (AvgIpc) is 2.88. The van der Waals surface area contributed by atoms with E-state index in [0.717, 1.165) is 18.7 Å². The molecule has 2 aromatic carbocycles. The molecule has 0 saturated carbocycles. The summed E-state index contributed by atoms with van der Waals surface area (Å²) in [4.78, 5) is 10.3. The van der Waals surface area contributed by atoms with E-state index >= 15 is 0 Å². The van der Waals surface area contributed by atoms with E-state index in [-0.39, 0.29) is 17.5 Å². The number of hydrogen-bond acceptors (Lipinski definition) is 11. The molecule has 4 rings (SSSR count). The lowest BCUT2D eigenvalue weighted by Crippen LogP contribution is -2.35. The molecule has 0 bridgehead atoms. The smallest absolute Gasteiger partial charge is 0.382 e. The fourth-order valence-corrected chi connectivity index (χ4v) is 4.66. The third-order valence-corrected chi connectivity index (χ3v) is 7.02. The van der Waals surface area contributed by atoms with E-state index in [2.05, 4.69) is 19.6 Å². The van der Waals surface area contributed by atoms with Crippen LogP contribution < -0.4 is 30.8 Å². The van der Waals surface area contributed by atoms with Crippen LogP contribution in [0.4, 0.5) is 17.5 Å². The Morgan fingerprint density at radius 3 is 2.47 bits per heavy atom. The number of hydrogen-bond donors (Lipinski definition) is 4. The summed E-state index contributed by atoms with van der Waals surface area (Å²) >= 11 is 0. The molecule has 0 spiro atoms. The molecule has 12 nitrogen and oxygen atoms in total. The van der Waals surface area contributed by atoms with Crippen molar-refractivity contribution in [3.63, 3.8) is 0 Å². The van der Waals surface area contributed by atoms with Crippen molar-refractivity contribution in [3.8, 4) is 22.6 Å². The SMILES string of the molecule is CCOc1cc(Cc2cnc(N)nc2N)cc(OS(=O)(=O)NC)c1-c1ccc(CN2CCOCC2)c(N)c1. The number of ether oxygens (including phenoxy) is 2. The Labute approximate surface area is 222 Å². The Balaban J connectivity index is 1.77. The number of nitrogens with two attached hydrogens (primary N) is 3. The van der Waals surface area contributed by atoms with Crippen LogP contribution in [0.1, 0.15) is 23.6 Å². The van der Waals surface area contributed by atoms with Gasteiger partial charge in [-0.25, -0.2) is 4.98 Å². The monoisotopic (exact) mass is 543 g/mol. The fourth-order valence-electron chi connectivity index (χ4n) is 4.21. The molecule has 0 atom stereocenters. The van der Waals surface area contributed by atoms with Gasteiger partial charge in [-0.1, -0.05) is 12.1 Å². The van der Waals surface area contributed by atoms with Gasteiger partial charge < -0.3 is 30.9 Å². The molecule has 2 heterocycles. The van der Waals surface area contributed by atoms with Crippen molar-refractivity contribution in [2.75, 3.05) is 57.2 Å². The van der Waals surface area contributed by atoms with E-state index in [9.17, 15) is 8.42 Å². The van der Waals surface area contributed by atoms with E-state index in [1.807, 2.05) is 25.1 Å². The normalized spacial score (nSPS) is 14.4. The van der Waals surface area contributed by atoms with Gasteiger partial charge in [-0.15, -0.1) is 0 Å². The van der Waals surface area contributed by atoms with E-state index in [4.69, 9.17) is 30.9 Å². The first-order valence-corrected chi connectivity index (χ1v) is 13.6. The number of nitrogens with one attached hydrogen (secondary N) is 1. The van der Waals surface area contributed by atoms with E-state index in [0.29, 0.717) is 66.5 Å². The Morgan fingerprint density at radius 2 is 1.82 bits per heavy atom. The minimum atomic E-state index is -4.10. The van der Waals surface area contributed by atoms with Gasteiger partial charge >= 0.3 is 10.3 Å². The molecular weight excluding hydrogens is 510 g/mol. The van der Waals surface area contributed by atoms with Crippen LogP contribution in [0, 0.1) is 0 Å². The molecule has 1 aromatic heterocycles. The first kappa shape index (κ1) is 27.4. The van der Waals surface area contributed by atoms with Crippen LogP contribution in [0.25, 0.3) is 11.1 Å². The minimum absolute atomic E-state index is 0.0652. The second-order valence-corrected chi connectivity index (χ2v) is 10.2. The summed E-state index contributed by atoms with van der Waals surface area (Å²) < 4.78 is 44.0. The predicted octanol–water partition coefficient (Wildman–Crippen LogP) is 1.55. The Kier molecular flexibility index (Phi) is 8.52. The fraction of sp³-hybridized carbons (Fsp3) is 0.360. The van der Waals surface area contributed by atoms with Crippen LogP contribution in [0.15, 0.2) is 36.5 Å². The van der Waals surface area contributed by atoms with Gasteiger partial charge in [-0.3, -0.25) is 4.90 Å². The van der Waals surface area contributed by atoms with Crippen LogP contribution in [-0.4, -0.2) is 63.2 Å². The number of aromatic nitrogens is 2. The Bertz CT molecular complexity index is 1400. The highest BCUT2D eigenvalue weighted by Gasteiger charge is 2.22. The van der Waals surface area contributed by atoms with Gasteiger partial charge in [0.1, 0.15) is 11.6 Å². The van der Waals surface area contributed by atoms with Crippen molar-refractivity contribution in [2.45, 2.75) is 19.9 Å². The highest BCUT2D eigenvalue weighted by atomic mass is 32.2. The van der Waals surface area contributed by atoms with Crippen molar-refractivity contribution in [1.82, 2.24) is 19.6 Å². The summed E-state index contributed by atoms with van der Waals surface area (Å²) in [6.07, 6.45) is 1.83. The van der Waals surface area contributed by atoms with Gasteiger partial charge in [0, 0.05) is 50.6 Å². The van der Waals surface area contributed by atoms with Crippen molar-refractivity contribution in [2.24, 2.45) is 0 Å². The van der Waals surface area contributed by atoms with Gasteiger partial charge in [0.25, 0.3) is 0 Å². The molecule has 1 aliphatic heterocycles. The lowest BCUT2D eigenvalue weighted by molar-refractivity contribution is 0.0343. The largest absolute Gasteiger partial charge is 0.493 e. The molecule has 1 aliphatic rings. The van der Waals surface area contributed by atoms with Crippen molar-refractivity contribution >= 4 is 27.8 Å². The Hall–Kier alpha value is -3.65. The first-order valence-electron chi connectivity index (χ1n) is 12.2. The van der Waals surface area contributed by atoms with Crippen LogP contribution >= 0.6 is 0 Å². The molecule has 1 saturated heterocycles. The Morgan fingerprint density at radius 1 is 1.08 bits per heavy atom. The molecular formula is C25H33N7O5S. The number of benzene rings is 2. The number of anilines is 3. The van der Waals surface area contributed by atoms with E-state index in [1.54, 1.807) is 12.1 Å². The predicted molar refractivity (Wildman–Crippen MR) is 146 cm³/mol. The van der Waals surface area contributed by atoms with Crippen LogP contribution in [0.3, 0.4) is 0 Å². The summed E-state index contributed by atoms with van der Waals surface area (Å²) in [5.41, 5.74) is 22.0. The molecule has 0 radical (unpaired) electrons. The van der Waals surface area contributed by atoms with E-state index < -0.39 is 10.3 Å². The lowest BCUT2D eigenvalue weighted by Gasteiger charge is -2.27. The zero-order chi connectivity index (χ0) is 27.3. The number of rotatable bonds is 10. The maximum absolute atomic E-state index is 12.5. The zero-order valence-corrected chi connectivity index (χ0v) is 22.3. The lowest BCUT2D eigenvalue weighted by atomic mass is 9.97. The van der Waals surface area contributed by atoms with Gasteiger partial charge in [0.15, 0.2) is 5.75 Å². The summed E-state index contributed by atoms with van der Waals surface area (Å²) in [7, 11) is -2.83. The third-order valence-electron chi connectivity index (χ3n) is 6.12. The van der Waals surface area contributed by atoms with E-state index in [1.165, 1.54) is 13.2 Å². The molecule has 0 unspecified atom stereocenters. The molecule has 204 valence electrons. The number of morpholine rings is 1. The van der Waals surface area contributed by atoms with Gasteiger partial charge in [-0.05, 0) is 41.8 Å². The van der Waals surface area contributed by atoms with Crippen LogP contribution in [-0.2, 0) is 28.0 Å².